The quantitative estimate of drug-likeness (QED) is 0.916. The molecule has 0 saturated heterocycles. The molecule has 1 aromatic heterocycles. The second kappa shape index (κ2) is 4.81. The normalized spacial score (nSPS) is 11.4. The van der Waals surface area contributed by atoms with Gasteiger partial charge in [-0.05, 0) is 31.2 Å². The number of benzene rings is 1. The molecule has 0 amide bonds. The Labute approximate surface area is 106 Å². The molecule has 0 bridgehead atoms. The van der Waals surface area contributed by atoms with Crippen molar-refractivity contribution in [1.29, 1.82) is 0 Å². The van der Waals surface area contributed by atoms with Crippen LogP contribution in [-0.2, 0) is 16.4 Å². The number of nitrogens with zero attached hydrogens (tertiary/aromatic N) is 1. The number of aryl methyl sites for hydroxylation is 1. The molecule has 0 radical (unpaired) electrons. The summed E-state index contributed by atoms with van der Waals surface area (Å²) in [6.07, 6.45) is 1.19. The maximum absolute atomic E-state index is 11.3. The first kappa shape index (κ1) is 12.6. The summed E-state index contributed by atoms with van der Waals surface area (Å²) in [4.78, 5) is 0.310. The lowest BCUT2D eigenvalue weighted by Crippen LogP contribution is -2.01. The minimum atomic E-state index is -3.14. The number of anilines is 1. The van der Waals surface area contributed by atoms with Crippen LogP contribution in [0.2, 0.25) is 0 Å². The molecule has 6 heteroatoms. The molecule has 0 spiro atoms. The molecular formula is C12H14N2O3S. The van der Waals surface area contributed by atoms with Gasteiger partial charge in [-0.3, -0.25) is 0 Å². The second-order valence-electron chi connectivity index (χ2n) is 4.08. The van der Waals surface area contributed by atoms with Gasteiger partial charge in [0.05, 0.1) is 11.4 Å². The average Bonchev–Trinajstić information content (AvgIpc) is 2.72. The van der Waals surface area contributed by atoms with Crippen LogP contribution in [0.25, 0.3) is 0 Å². The Morgan fingerprint density at radius 2 is 1.94 bits per heavy atom. The fraction of sp³-hybridized carbons (Fsp3) is 0.250. The number of rotatable bonds is 4. The molecule has 0 unspecified atom stereocenters. The van der Waals surface area contributed by atoms with E-state index in [0.717, 1.165) is 17.1 Å². The fourth-order valence-electron chi connectivity index (χ4n) is 1.51. The van der Waals surface area contributed by atoms with E-state index in [4.69, 9.17) is 4.52 Å². The molecule has 96 valence electrons. The number of aromatic nitrogens is 1. The lowest BCUT2D eigenvalue weighted by Gasteiger charge is -2.04. The summed E-state index contributed by atoms with van der Waals surface area (Å²) in [5.74, 6) is 0.763. The van der Waals surface area contributed by atoms with Gasteiger partial charge in [-0.25, -0.2) is 8.42 Å². The lowest BCUT2D eigenvalue weighted by molar-refractivity contribution is 0.391. The van der Waals surface area contributed by atoms with Gasteiger partial charge in [0, 0.05) is 18.0 Å². The predicted molar refractivity (Wildman–Crippen MR) is 68.1 cm³/mol. The van der Waals surface area contributed by atoms with Crippen LogP contribution in [0.1, 0.15) is 11.5 Å². The van der Waals surface area contributed by atoms with Gasteiger partial charge in [-0.1, -0.05) is 5.16 Å². The van der Waals surface area contributed by atoms with Crippen molar-refractivity contribution >= 4 is 15.5 Å². The number of nitrogens with one attached hydrogen (secondary N) is 1. The summed E-state index contributed by atoms with van der Waals surface area (Å²) < 4.78 is 27.5. The third kappa shape index (κ3) is 3.10. The third-order valence-electron chi connectivity index (χ3n) is 2.43. The van der Waals surface area contributed by atoms with E-state index in [2.05, 4.69) is 10.5 Å². The van der Waals surface area contributed by atoms with Crippen LogP contribution in [-0.4, -0.2) is 19.8 Å². The zero-order chi connectivity index (χ0) is 13.2. The first-order valence-electron chi connectivity index (χ1n) is 5.41. The number of hydrogen-bond acceptors (Lipinski definition) is 5. The summed E-state index contributed by atoms with van der Waals surface area (Å²) >= 11 is 0. The molecule has 0 aliphatic heterocycles. The molecule has 5 nitrogen and oxygen atoms in total. The summed E-state index contributed by atoms with van der Waals surface area (Å²) in [5, 5.41) is 6.99. The van der Waals surface area contributed by atoms with Gasteiger partial charge < -0.3 is 9.84 Å². The summed E-state index contributed by atoms with van der Waals surface area (Å²) in [6, 6.07) is 8.45. The predicted octanol–water partition coefficient (Wildman–Crippen LogP) is 2.00. The zero-order valence-corrected chi connectivity index (χ0v) is 11.0. The topological polar surface area (TPSA) is 72.2 Å². The molecule has 1 N–H and O–H groups in total. The SMILES string of the molecule is Cc1cc(CNc2ccc(S(C)(=O)=O)cc2)no1. The smallest absolute Gasteiger partial charge is 0.175 e. The standard InChI is InChI=1S/C12H14N2O3S/c1-9-7-11(14-17-9)8-13-10-3-5-12(6-4-10)18(2,15)16/h3-7,13H,8H2,1-2H3. The molecule has 1 heterocycles. The molecule has 0 saturated carbocycles. The van der Waals surface area contributed by atoms with Gasteiger partial charge in [-0.2, -0.15) is 0 Å². The molecule has 1 aromatic carbocycles. The molecule has 2 rings (SSSR count). The Hall–Kier alpha value is -1.82. The largest absolute Gasteiger partial charge is 0.379 e. The van der Waals surface area contributed by atoms with E-state index >= 15 is 0 Å². The Bertz CT molecular complexity index is 630. The fourth-order valence-corrected chi connectivity index (χ4v) is 2.14. The molecule has 0 fully saturated rings. The lowest BCUT2D eigenvalue weighted by atomic mass is 10.3. The van der Waals surface area contributed by atoms with Crippen LogP contribution >= 0.6 is 0 Å². The van der Waals surface area contributed by atoms with Gasteiger partial charge >= 0.3 is 0 Å². The summed E-state index contributed by atoms with van der Waals surface area (Å²) in [5.41, 5.74) is 1.64. The summed E-state index contributed by atoms with van der Waals surface area (Å²) in [6.45, 7) is 2.37. The molecule has 0 aliphatic rings. The van der Waals surface area contributed by atoms with Crippen molar-refractivity contribution in [3.05, 3.63) is 41.8 Å². The average molecular weight is 266 g/mol. The van der Waals surface area contributed by atoms with Crippen LogP contribution in [0.15, 0.2) is 39.8 Å². The Morgan fingerprint density at radius 3 is 2.44 bits per heavy atom. The van der Waals surface area contributed by atoms with Crippen LogP contribution in [0.4, 0.5) is 5.69 Å². The van der Waals surface area contributed by atoms with Gasteiger partial charge in [0.25, 0.3) is 0 Å². The van der Waals surface area contributed by atoms with E-state index in [1.54, 1.807) is 24.3 Å². The van der Waals surface area contributed by atoms with Crippen molar-refractivity contribution in [1.82, 2.24) is 5.16 Å². The number of sulfone groups is 1. The summed E-state index contributed by atoms with van der Waals surface area (Å²) in [7, 11) is -3.14. The second-order valence-corrected chi connectivity index (χ2v) is 6.09. The minimum Gasteiger partial charge on any atom is -0.379 e. The molecular weight excluding hydrogens is 252 g/mol. The van der Waals surface area contributed by atoms with Crippen molar-refractivity contribution < 1.29 is 12.9 Å². The monoisotopic (exact) mass is 266 g/mol. The highest BCUT2D eigenvalue weighted by atomic mass is 32.2. The number of hydrogen-bond donors (Lipinski definition) is 1. The van der Waals surface area contributed by atoms with Gasteiger partial charge in [0.1, 0.15) is 11.5 Å². The van der Waals surface area contributed by atoms with E-state index < -0.39 is 9.84 Å². The Balaban J connectivity index is 2.03. The van der Waals surface area contributed by atoms with Crippen LogP contribution in [0, 0.1) is 6.92 Å². The Kier molecular flexibility index (Phi) is 3.38. The van der Waals surface area contributed by atoms with Crippen molar-refractivity contribution in [3.8, 4) is 0 Å². The van der Waals surface area contributed by atoms with E-state index in [-0.39, 0.29) is 0 Å². The van der Waals surface area contributed by atoms with Crippen LogP contribution in [0.5, 0.6) is 0 Å². The van der Waals surface area contributed by atoms with E-state index in [9.17, 15) is 8.42 Å². The first-order chi connectivity index (χ1) is 8.45. The van der Waals surface area contributed by atoms with Crippen molar-refractivity contribution in [2.45, 2.75) is 18.4 Å². The van der Waals surface area contributed by atoms with Gasteiger partial charge in [-0.15, -0.1) is 0 Å². The van der Waals surface area contributed by atoms with E-state index in [0.29, 0.717) is 11.4 Å². The third-order valence-corrected chi connectivity index (χ3v) is 3.56. The van der Waals surface area contributed by atoms with Crippen LogP contribution < -0.4 is 5.32 Å². The van der Waals surface area contributed by atoms with Crippen molar-refractivity contribution in [3.63, 3.8) is 0 Å². The highest BCUT2D eigenvalue weighted by Gasteiger charge is 2.06. The maximum Gasteiger partial charge on any atom is 0.175 e. The van der Waals surface area contributed by atoms with Crippen molar-refractivity contribution in [2.75, 3.05) is 11.6 Å². The zero-order valence-electron chi connectivity index (χ0n) is 10.2. The molecule has 18 heavy (non-hydrogen) atoms. The first-order valence-corrected chi connectivity index (χ1v) is 7.30. The highest BCUT2D eigenvalue weighted by molar-refractivity contribution is 7.90. The molecule has 0 atom stereocenters. The minimum absolute atomic E-state index is 0.310. The maximum atomic E-state index is 11.3. The Morgan fingerprint density at radius 1 is 1.28 bits per heavy atom. The van der Waals surface area contributed by atoms with Gasteiger partial charge in [0.15, 0.2) is 9.84 Å². The molecule has 0 aliphatic carbocycles. The van der Waals surface area contributed by atoms with E-state index in [1.807, 2.05) is 13.0 Å². The van der Waals surface area contributed by atoms with Gasteiger partial charge in [0.2, 0.25) is 0 Å². The van der Waals surface area contributed by atoms with Crippen molar-refractivity contribution in [2.24, 2.45) is 0 Å². The van der Waals surface area contributed by atoms with Crippen LogP contribution in [0.3, 0.4) is 0 Å². The van der Waals surface area contributed by atoms with E-state index in [1.165, 1.54) is 6.26 Å². The highest BCUT2D eigenvalue weighted by Crippen LogP contribution is 2.14. The molecule has 2 aromatic rings.